The standard InChI is InChI=1S/C19H19N3O2/c1-2-17(23)20-16(13-14-9-5-3-6-10-14)19-22-21-18(24-19)15-11-7-4-8-12-15/h3-12,16H,2,13H2,1H3,(H,20,23). The molecule has 0 bridgehead atoms. The molecule has 1 atom stereocenters. The van der Waals surface area contributed by atoms with Crippen molar-refractivity contribution in [1.82, 2.24) is 15.5 Å². The van der Waals surface area contributed by atoms with Gasteiger partial charge in [-0.05, 0) is 17.7 Å². The maximum absolute atomic E-state index is 11.9. The fourth-order valence-electron chi connectivity index (χ4n) is 2.42. The zero-order valence-electron chi connectivity index (χ0n) is 13.5. The molecule has 0 saturated carbocycles. The Kier molecular flexibility index (Phi) is 5.01. The quantitative estimate of drug-likeness (QED) is 0.754. The maximum Gasteiger partial charge on any atom is 0.247 e. The zero-order valence-corrected chi connectivity index (χ0v) is 13.5. The van der Waals surface area contributed by atoms with Crippen LogP contribution in [0.5, 0.6) is 0 Å². The van der Waals surface area contributed by atoms with Gasteiger partial charge < -0.3 is 9.73 Å². The first-order valence-electron chi connectivity index (χ1n) is 7.98. The fraction of sp³-hybridized carbons (Fsp3) is 0.211. The van der Waals surface area contributed by atoms with Crippen molar-refractivity contribution in [3.05, 3.63) is 72.1 Å². The van der Waals surface area contributed by atoms with E-state index in [0.29, 0.717) is 24.6 Å². The highest BCUT2D eigenvalue weighted by Gasteiger charge is 2.21. The number of rotatable bonds is 6. The van der Waals surface area contributed by atoms with Crippen LogP contribution in [0.15, 0.2) is 65.1 Å². The summed E-state index contributed by atoms with van der Waals surface area (Å²) in [6, 6.07) is 19.2. The normalized spacial score (nSPS) is 11.9. The summed E-state index contributed by atoms with van der Waals surface area (Å²) in [6.45, 7) is 1.82. The van der Waals surface area contributed by atoms with Crippen molar-refractivity contribution >= 4 is 5.91 Å². The number of hydrogen-bond acceptors (Lipinski definition) is 4. The van der Waals surface area contributed by atoms with E-state index < -0.39 is 0 Å². The maximum atomic E-state index is 11.9. The SMILES string of the molecule is CCC(=O)NC(Cc1ccccc1)c1nnc(-c2ccccc2)o1. The summed E-state index contributed by atoms with van der Waals surface area (Å²) < 4.78 is 5.81. The first kappa shape index (κ1) is 15.9. The molecule has 3 aromatic rings. The van der Waals surface area contributed by atoms with Crippen molar-refractivity contribution in [3.8, 4) is 11.5 Å². The van der Waals surface area contributed by atoms with Crippen LogP contribution < -0.4 is 5.32 Å². The summed E-state index contributed by atoms with van der Waals surface area (Å²) >= 11 is 0. The number of hydrogen-bond donors (Lipinski definition) is 1. The highest BCUT2D eigenvalue weighted by molar-refractivity contribution is 5.75. The van der Waals surface area contributed by atoms with Crippen LogP contribution in [-0.4, -0.2) is 16.1 Å². The molecule has 0 fully saturated rings. The van der Waals surface area contributed by atoms with Crippen LogP contribution >= 0.6 is 0 Å². The Morgan fingerprint density at radius 1 is 1.04 bits per heavy atom. The van der Waals surface area contributed by atoms with E-state index >= 15 is 0 Å². The number of benzene rings is 2. The lowest BCUT2D eigenvalue weighted by Crippen LogP contribution is -2.29. The van der Waals surface area contributed by atoms with Gasteiger partial charge in [0.15, 0.2) is 0 Å². The predicted octanol–water partition coefficient (Wildman–Crippen LogP) is 3.55. The number of nitrogens with zero attached hydrogens (tertiary/aromatic N) is 2. The van der Waals surface area contributed by atoms with Gasteiger partial charge in [-0.3, -0.25) is 4.79 Å². The van der Waals surface area contributed by atoms with Crippen molar-refractivity contribution in [3.63, 3.8) is 0 Å². The molecule has 1 heterocycles. The summed E-state index contributed by atoms with van der Waals surface area (Å²) in [6.07, 6.45) is 1.01. The number of amides is 1. The van der Waals surface area contributed by atoms with Crippen molar-refractivity contribution in [2.75, 3.05) is 0 Å². The van der Waals surface area contributed by atoms with E-state index in [4.69, 9.17) is 4.42 Å². The lowest BCUT2D eigenvalue weighted by atomic mass is 10.1. The molecule has 2 aromatic carbocycles. The summed E-state index contributed by atoms with van der Waals surface area (Å²) in [7, 11) is 0. The van der Waals surface area contributed by atoms with E-state index in [1.54, 1.807) is 0 Å². The first-order valence-corrected chi connectivity index (χ1v) is 7.98. The van der Waals surface area contributed by atoms with Gasteiger partial charge in [-0.15, -0.1) is 10.2 Å². The third-order valence-corrected chi connectivity index (χ3v) is 3.70. The number of carbonyl (C=O) groups is 1. The van der Waals surface area contributed by atoms with Crippen LogP contribution in [0.3, 0.4) is 0 Å². The van der Waals surface area contributed by atoms with Crippen LogP contribution in [0, 0.1) is 0 Å². The average Bonchev–Trinajstić information content (AvgIpc) is 3.13. The van der Waals surface area contributed by atoms with E-state index in [1.165, 1.54) is 0 Å². The minimum atomic E-state index is -0.343. The van der Waals surface area contributed by atoms with Crippen LogP contribution in [-0.2, 0) is 11.2 Å². The van der Waals surface area contributed by atoms with Crippen molar-refractivity contribution in [1.29, 1.82) is 0 Å². The summed E-state index contributed by atoms with van der Waals surface area (Å²) in [4.78, 5) is 11.9. The fourth-order valence-corrected chi connectivity index (χ4v) is 2.42. The molecule has 0 aliphatic heterocycles. The number of carbonyl (C=O) groups excluding carboxylic acids is 1. The molecule has 5 nitrogen and oxygen atoms in total. The largest absolute Gasteiger partial charge is 0.418 e. The summed E-state index contributed by atoms with van der Waals surface area (Å²) in [5, 5.41) is 11.2. The van der Waals surface area contributed by atoms with Crippen molar-refractivity contribution < 1.29 is 9.21 Å². The Balaban J connectivity index is 1.85. The molecule has 3 rings (SSSR count). The van der Waals surface area contributed by atoms with E-state index in [-0.39, 0.29) is 11.9 Å². The Morgan fingerprint density at radius 2 is 1.71 bits per heavy atom. The third-order valence-electron chi connectivity index (χ3n) is 3.70. The third kappa shape index (κ3) is 3.87. The molecule has 24 heavy (non-hydrogen) atoms. The highest BCUT2D eigenvalue weighted by atomic mass is 16.4. The Hall–Kier alpha value is -2.95. The average molecular weight is 321 g/mol. The molecule has 0 aliphatic carbocycles. The van der Waals surface area contributed by atoms with Gasteiger partial charge in [0.2, 0.25) is 17.7 Å². The molecule has 0 aliphatic rings. The lowest BCUT2D eigenvalue weighted by molar-refractivity contribution is -0.121. The lowest BCUT2D eigenvalue weighted by Gasteiger charge is -2.14. The van der Waals surface area contributed by atoms with Crippen LogP contribution in [0.25, 0.3) is 11.5 Å². The van der Waals surface area contributed by atoms with Crippen molar-refractivity contribution in [2.45, 2.75) is 25.8 Å². The van der Waals surface area contributed by atoms with Gasteiger partial charge in [-0.25, -0.2) is 0 Å². The molecule has 0 spiro atoms. The topological polar surface area (TPSA) is 68.0 Å². The van der Waals surface area contributed by atoms with E-state index in [1.807, 2.05) is 67.6 Å². The second-order valence-electron chi connectivity index (χ2n) is 5.47. The van der Waals surface area contributed by atoms with Gasteiger partial charge in [-0.2, -0.15) is 0 Å². The monoisotopic (exact) mass is 321 g/mol. The van der Waals surface area contributed by atoms with Gasteiger partial charge in [0.1, 0.15) is 6.04 Å². The Labute approximate surface area is 140 Å². The molecule has 5 heteroatoms. The molecule has 1 N–H and O–H groups in total. The number of nitrogens with one attached hydrogen (secondary N) is 1. The Bertz CT molecular complexity index is 785. The molecule has 1 unspecified atom stereocenters. The van der Waals surface area contributed by atoms with Gasteiger partial charge in [-0.1, -0.05) is 55.5 Å². The zero-order chi connectivity index (χ0) is 16.8. The highest BCUT2D eigenvalue weighted by Crippen LogP contribution is 2.22. The predicted molar refractivity (Wildman–Crippen MR) is 91.1 cm³/mol. The van der Waals surface area contributed by atoms with E-state index in [2.05, 4.69) is 15.5 Å². The van der Waals surface area contributed by atoms with E-state index in [0.717, 1.165) is 11.1 Å². The molecular weight excluding hydrogens is 302 g/mol. The molecule has 1 aromatic heterocycles. The minimum Gasteiger partial charge on any atom is -0.418 e. The van der Waals surface area contributed by atoms with Crippen molar-refractivity contribution in [2.24, 2.45) is 0 Å². The molecular formula is C19H19N3O2. The summed E-state index contributed by atoms with van der Waals surface area (Å²) in [5.74, 6) is 0.823. The van der Waals surface area contributed by atoms with E-state index in [9.17, 15) is 4.79 Å². The molecule has 0 radical (unpaired) electrons. The summed E-state index contributed by atoms with van der Waals surface area (Å²) in [5.41, 5.74) is 1.95. The molecule has 122 valence electrons. The minimum absolute atomic E-state index is 0.0459. The molecule has 1 amide bonds. The van der Waals surface area contributed by atoms with Gasteiger partial charge in [0.25, 0.3) is 0 Å². The van der Waals surface area contributed by atoms with Crippen LogP contribution in [0.4, 0.5) is 0 Å². The number of aromatic nitrogens is 2. The van der Waals surface area contributed by atoms with Gasteiger partial charge in [0, 0.05) is 18.4 Å². The van der Waals surface area contributed by atoms with Gasteiger partial charge >= 0.3 is 0 Å². The first-order chi connectivity index (χ1) is 11.8. The second-order valence-corrected chi connectivity index (χ2v) is 5.47. The molecule has 0 saturated heterocycles. The smallest absolute Gasteiger partial charge is 0.247 e. The van der Waals surface area contributed by atoms with Gasteiger partial charge in [0.05, 0.1) is 0 Å². The Morgan fingerprint density at radius 3 is 2.38 bits per heavy atom. The van der Waals surface area contributed by atoms with Crippen LogP contribution in [0.2, 0.25) is 0 Å². The van der Waals surface area contributed by atoms with Crippen LogP contribution in [0.1, 0.15) is 30.8 Å². The second kappa shape index (κ2) is 7.55.